The molecule has 758 valence electrons. The van der Waals surface area contributed by atoms with Crippen LogP contribution in [0.5, 0.6) is 11.5 Å². The number of aromatic amines is 2. The minimum Gasteiger partial charge on any atom is -0.497 e. The van der Waals surface area contributed by atoms with Crippen molar-refractivity contribution in [1.82, 2.24) is 47.8 Å². The number of ether oxygens (including phenoxy) is 7. The van der Waals surface area contributed by atoms with Gasteiger partial charge in [-0.25, -0.2) is 24.0 Å². The number of aliphatic hydroxyl groups excluding tert-OH is 1. The van der Waals surface area contributed by atoms with Gasteiger partial charge in [0.15, 0.2) is 0 Å². The minimum atomic E-state index is -0.917. The van der Waals surface area contributed by atoms with E-state index in [4.69, 9.17) is 66.3 Å². The molecule has 0 bridgehead atoms. The number of hydrogen-bond acceptors (Lipinski definition) is 25. The molecule has 16 rings (SSSR count). The normalized spacial score (nSPS) is 21.5. The maximum absolute atomic E-state index is 13.6. The molecule has 0 aliphatic carbocycles. The lowest BCUT2D eigenvalue weighted by molar-refractivity contribution is -0.00788. The average Bonchev–Trinajstić information content (AvgIpc) is 1.55. The summed E-state index contributed by atoms with van der Waals surface area (Å²) >= 11 is 0. The number of nitrogens with two attached hydrogens (primary N) is 2. The van der Waals surface area contributed by atoms with Gasteiger partial charge >= 0.3 is 28.4 Å². The maximum atomic E-state index is 13.6. The lowest BCUT2D eigenvalue weighted by Gasteiger charge is -2.38. The molecule has 5 aliphatic heterocycles. The van der Waals surface area contributed by atoms with Crippen molar-refractivity contribution in [2.45, 2.75) is 238 Å². The van der Waals surface area contributed by atoms with Gasteiger partial charge in [-0.3, -0.25) is 42.4 Å². The van der Waals surface area contributed by atoms with Gasteiger partial charge in [-0.1, -0.05) is 230 Å². The third-order valence-corrected chi connectivity index (χ3v) is 27.4. The first-order valence-electron chi connectivity index (χ1n) is 49.2. The standard InChI is InChI=1S/C33H36N6O3.C33H38N4O3.C13H20N6O2.C13H19N5O3.C13H20N2O4/c1-4-29-23(2)21-30(42-29)39-22-24(19-20-35-38-34)31(36-32(39)40)37-33(25-11-7-5-8-12-25,26-13-9-6-10-14-26)27-15-17-28(41-3)18-16-27;1-4-29-23(2)21-30(40-29)37-22-24(19-20-34)31(35-32(37)38)36-33(25-11-7-5-8-12-25,26-13-9-6-10-14-26)27-15-17-28(39-3)18-16-27;1-3-10-8(2)6-11(21-10)19-7-9(4-5-16-18-15)12(14)17-13(19)20;1-3-10-8(2)6-11(21-10)18-7-9(4-5-15-17-14)12(19)16-13(18)20;1-3-10-8(2)6-11(19-10)15-7-9(4-5-16)12(17)14-13(15)18/h5-18,22-23,29-30H,4,19-21H2,1-3H3,(H,36,37,40);5-18,22-23,29-30H,4,19-21,34H2,1-3H3,(H,35,36,38);7-8,10-11H,3-6H2,1-2H3,(H2,14,17,20);7-8,10-11H,3-6H2,1-2H3,(H,16,19,20);7-8,10-11,16H,3-6H2,1-2H3,(H,14,17,18)/t2*23-,29+,30+;3*8-,10+,11+/m00000/s1. The third-order valence-electron chi connectivity index (χ3n) is 27.4. The zero-order valence-electron chi connectivity index (χ0n) is 83.3. The molecule has 0 unspecified atom stereocenters. The van der Waals surface area contributed by atoms with Crippen LogP contribution in [0, 0.1) is 29.6 Å². The molecule has 15 atom stereocenters. The summed E-state index contributed by atoms with van der Waals surface area (Å²) in [5.74, 6) is 4.46. The van der Waals surface area contributed by atoms with Crippen molar-refractivity contribution in [3.8, 4) is 11.5 Å². The molecular formula is C105H133N23O15. The molecular weight excluding hydrogens is 1820 g/mol. The maximum Gasteiger partial charge on any atom is 0.351 e. The molecule has 143 heavy (non-hydrogen) atoms. The van der Waals surface area contributed by atoms with Gasteiger partial charge in [0.1, 0.15) is 71.2 Å². The van der Waals surface area contributed by atoms with Crippen LogP contribution in [-0.2, 0) is 66.9 Å². The quantitative estimate of drug-likeness (QED) is 0.00839. The van der Waals surface area contributed by atoms with E-state index in [1.54, 1.807) is 29.6 Å². The SMILES string of the molecule is CC[C@H]1O[C@@H](n2cc(CCN)c(NC(c3ccccc3)(c3ccccc3)c3ccc(OC)cc3)nc2=O)C[C@@H]1C.CC[C@H]1O[C@@H](n2cc(CCN=[N+]=[N-])c(=O)[nH]c2=O)C[C@@H]1C.CC[C@H]1O[C@@H](n2cc(CCN=[N+]=[N-])c(N)nc2=O)C[C@@H]1C.CC[C@H]1O[C@@H](n2cc(CCN=[N+]=[N-])c(NC(c3ccccc3)(c3ccccc3)c3ccc(OC)cc3)nc2=O)C[C@@H]1C.CC[C@H]1O[C@@H](n2cc(CCO)c(=O)[nH]c2=O)C[C@@H]1C. The van der Waals surface area contributed by atoms with Crippen molar-refractivity contribution < 1.29 is 38.3 Å². The molecule has 5 aromatic heterocycles. The number of rotatable bonds is 35. The van der Waals surface area contributed by atoms with Crippen LogP contribution in [0.15, 0.2) is 250 Å². The van der Waals surface area contributed by atoms with Gasteiger partial charge in [-0.15, -0.1) is 0 Å². The fraction of sp³-hybridized carbons (Fsp3) is 0.467. The van der Waals surface area contributed by atoms with Crippen molar-refractivity contribution >= 4 is 17.5 Å². The fourth-order valence-corrected chi connectivity index (χ4v) is 19.6. The second-order valence-corrected chi connectivity index (χ2v) is 36.6. The average molecular weight is 1960 g/mol. The number of nitrogens with zero attached hydrogens (tertiary/aromatic N) is 17. The van der Waals surface area contributed by atoms with Crippen LogP contribution in [0.3, 0.4) is 0 Å². The summed E-state index contributed by atoms with van der Waals surface area (Å²) in [7, 11) is 3.30. The van der Waals surface area contributed by atoms with Crippen LogP contribution in [0.25, 0.3) is 31.3 Å². The summed E-state index contributed by atoms with van der Waals surface area (Å²) in [6, 6.07) is 56.5. The summed E-state index contributed by atoms with van der Waals surface area (Å²) in [6.07, 6.45) is 17.5. The van der Waals surface area contributed by atoms with E-state index in [1.807, 2.05) is 141 Å². The molecule has 38 nitrogen and oxygen atoms in total. The largest absolute Gasteiger partial charge is 0.497 e. The van der Waals surface area contributed by atoms with Gasteiger partial charge in [0, 0.05) is 106 Å². The van der Waals surface area contributed by atoms with Crippen molar-refractivity contribution in [3.05, 3.63) is 366 Å². The van der Waals surface area contributed by atoms with E-state index in [0.29, 0.717) is 90.1 Å². The number of methoxy groups -OCH3 is 2. The Morgan fingerprint density at radius 1 is 0.392 bits per heavy atom. The van der Waals surface area contributed by atoms with Crippen molar-refractivity contribution in [3.63, 3.8) is 0 Å². The second-order valence-electron chi connectivity index (χ2n) is 36.6. The molecule has 0 saturated carbocycles. The number of nitrogens with one attached hydrogen (secondary N) is 4. The van der Waals surface area contributed by atoms with Crippen molar-refractivity contribution in [2.24, 2.45) is 50.7 Å². The van der Waals surface area contributed by atoms with E-state index in [2.05, 4.69) is 176 Å². The molecule has 5 aliphatic rings. The van der Waals surface area contributed by atoms with E-state index in [1.165, 1.54) is 26.1 Å². The molecule has 0 amide bonds. The van der Waals surface area contributed by atoms with Crippen molar-refractivity contribution in [1.29, 1.82) is 0 Å². The Morgan fingerprint density at radius 3 is 0.944 bits per heavy atom. The highest BCUT2D eigenvalue weighted by atomic mass is 16.5. The van der Waals surface area contributed by atoms with E-state index in [9.17, 15) is 33.6 Å². The Bertz CT molecular complexity index is 6530. The zero-order chi connectivity index (χ0) is 102. The first kappa shape index (κ1) is 108. The van der Waals surface area contributed by atoms with Crippen LogP contribution in [0.2, 0.25) is 0 Å². The Morgan fingerprint density at radius 2 is 0.657 bits per heavy atom. The first-order valence-corrected chi connectivity index (χ1v) is 49.2. The van der Waals surface area contributed by atoms with Crippen molar-refractivity contribution in [2.75, 3.05) is 63.4 Å². The number of hydrogen-bond donors (Lipinski definition) is 7. The van der Waals surface area contributed by atoms with E-state index < -0.39 is 51.2 Å². The Kier molecular flexibility index (Phi) is 38.9. The van der Waals surface area contributed by atoms with E-state index in [0.717, 1.165) is 120 Å². The van der Waals surface area contributed by atoms with Crippen LogP contribution >= 0.6 is 0 Å². The van der Waals surface area contributed by atoms with Crippen LogP contribution in [-0.4, -0.2) is 130 Å². The highest BCUT2D eigenvalue weighted by molar-refractivity contribution is 5.62. The van der Waals surface area contributed by atoms with Crippen LogP contribution < -0.4 is 71.1 Å². The molecule has 38 heteroatoms. The Hall–Kier alpha value is -14.0. The number of benzene rings is 6. The molecule has 5 fully saturated rings. The highest BCUT2D eigenvalue weighted by Gasteiger charge is 2.43. The number of anilines is 3. The second kappa shape index (κ2) is 51.6. The summed E-state index contributed by atoms with van der Waals surface area (Å²) in [4.78, 5) is 112. The predicted octanol–water partition coefficient (Wildman–Crippen LogP) is 16.5. The number of aliphatic hydroxyl groups is 1. The molecule has 0 radical (unpaired) electrons. The van der Waals surface area contributed by atoms with E-state index >= 15 is 0 Å². The summed E-state index contributed by atoms with van der Waals surface area (Å²) < 4.78 is 48.6. The van der Waals surface area contributed by atoms with Gasteiger partial charge in [-0.05, 0) is 200 Å². The van der Waals surface area contributed by atoms with Gasteiger partial charge in [0.05, 0.1) is 44.7 Å². The van der Waals surface area contributed by atoms with Gasteiger partial charge < -0.3 is 60.4 Å². The Labute approximate surface area is 829 Å². The Balaban J connectivity index is 0.000000166. The minimum absolute atomic E-state index is 0.0882. The molecule has 9 N–H and O–H groups in total. The number of H-pyrrole nitrogens is 2. The lowest BCUT2D eigenvalue weighted by Crippen LogP contribution is -2.40. The van der Waals surface area contributed by atoms with Gasteiger partial charge in [0.2, 0.25) is 0 Å². The molecule has 10 heterocycles. The number of azide groups is 3. The molecule has 5 saturated heterocycles. The lowest BCUT2D eigenvalue weighted by atomic mass is 9.77. The zero-order valence-corrected chi connectivity index (χ0v) is 83.3. The van der Waals surface area contributed by atoms with E-state index in [-0.39, 0.29) is 99.6 Å². The molecule has 0 spiro atoms. The summed E-state index contributed by atoms with van der Waals surface area (Å²) in [5.41, 5.74) is 41.7. The molecule has 11 aromatic rings. The highest BCUT2D eigenvalue weighted by Crippen LogP contribution is 2.46. The first-order chi connectivity index (χ1) is 69.2. The monoisotopic (exact) mass is 1960 g/mol. The number of aromatic nitrogens is 10. The summed E-state index contributed by atoms with van der Waals surface area (Å²) in [5, 5.41) is 27.1. The molecule has 6 aromatic carbocycles. The fourth-order valence-electron chi connectivity index (χ4n) is 19.6. The smallest absolute Gasteiger partial charge is 0.351 e. The predicted molar refractivity (Wildman–Crippen MR) is 548 cm³/mol. The number of nitrogen functional groups attached to an aromatic ring is 1. The van der Waals surface area contributed by atoms with Crippen LogP contribution in [0.4, 0.5) is 17.5 Å². The van der Waals surface area contributed by atoms with Gasteiger partial charge in [0.25, 0.3) is 11.1 Å². The van der Waals surface area contributed by atoms with Crippen LogP contribution in [0.1, 0.15) is 226 Å². The third kappa shape index (κ3) is 26.1. The topological polar surface area (TPSA) is 522 Å². The summed E-state index contributed by atoms with van der Waals surface area (Å²) in [6.45, 7) is 22.0. The van der Waals surface area contributed by atoms with Gasteiger partial charge in [-0.2, -0.15) is 15.0 Å².